The van der Waals surface area contributed by atoms with Crippen molar-refractivity contribution >= 4 is 0 Å². The lowest BCUT2D eigenvalue weighted by atomic mass is 9.52. The predicted octanol–water partition coefficient (Wildman–Crippen LogP) is 2.37. The first-order chi connectivity index (χ1) is 15.6. The SMILES string of the molecule is CC1CCC2(O)C(OC(O)C3CCCCC3)CC3COC3CC(O)C3OC3C(O)C1C2(C)C. The summed E-state index contributed by atoms with van der Waals surface area (Å²) in [6, 6.07) is 0. The average molecular weight is 469 g/mol. The number of fused-ring (bicyclic) bond motifs is 4. The zero-order valence-corrected chi connectivity index (χ0v) is 20.4. The molecule has 2 heterocycles. The molecule has 4 N–H and O–H groups in total. The molecule has 0 aromatic rings. The Kier molecular flexibility index (Phi) is 6.65. The smallest absolute Gasteiger partial charge is 0.157 e. The van der Waals surface area contributed by atoms with Gasteiger partial charge in [0.2, 0.25) is 0 Å². The third-order valence-electron chi connectivity index (χ3n) is 10.1. The molecule has 0 radical (unpaired) electrons. The summed E-state index contributed by atoms with van der Waals surface area (Å²) in [5.41, 5.74) is -1.86. The highest BCUT2D eigenvalue weighted by Gasteiger charge is 2.64. The van der Waals surface area contributed by atoms with E-state index in [1.807, 2.05) is 13.8 Å². The van der Waals surface area contributed by atoms with Crippen molar-refractivity contribution < 1.29 is 34.6 Å². The van der Waals surface area contributed by atoms with Gasteiger partial charge < -0.3 is 34.6 Å². The Bertz CT molecular complexity index is 694. The summed E-state index contributed by atoms with van der Waals surface area (Å²) in [4.78, 5) is 0. The fourth-order valence-corrected chi connectivity index (χ4v) is 7.77. The molecule has 5 fully saturated rings. The molecular formula is C26H44O7. The Morgan fingerprint density at radius 3 is 2.39 bits per heavy atom. The van der Waals surface area contributed by atoms with E-state index in [0.717, 1.165) is 32.1 Å². The first kappa shape index (κ1) is 24.4. The maximum absolute atomic E-state index is 12.4. The monoisotopic (exact) mass is 468 g/mol. The van der Waals surface area contributed by atoms with Gasteiger partial charge in [0.05, 0.1) is 36.6 Å². The summed E-state index contributed by atoms with van der Waals surface area (Å²) >= 11 is 0. The highest BCUT2D eigenvalue weighted by atomic mass is 16.6. The van der Waals surface area contributed by atoms with Crippen LogP contribution >= 0.6 is 0 Å². The van der Waals surface area contributed by atoms with Gasteiger partial charge in [0.1, 0.15) is 12.2 Å². The quantitative estimate of drug-likeness (QED) is 0.372. The normalized spacial score (nSPS) is 51.2. The molecular weight excluding hydrogens is 424 g/mol. The fourth-order valence-electron chi connectivity index (χ4n) is 7.77. The van der Waals surface area contributed by atoms with E-state index in [0.29, 0.717) is 25.9 Å². The molecule has 2 saturated heterocycles. The Labute approximate surface area is 197 Å². The topological polar surface area (TPSA) is 112 Å². The molecule has 0 aromatic carbocycles. The van der Waals surface area contributed by atoms with Gasteiger partial charge in [0.25, 0.3) is 0 Å². The van der Waals surface area contributed by atoms with Crippen molar-refractivity contribution in [3.8, 4) is 0 Å². The molecule has 33 heavy (non-hydrogen) atoms. The minimum Gasteiger partial charge on any atom is -0.390 e. The molecule has 0 aromatic heterocycles. The van der Waals surface area contributed by atoms with Crippen LogP contribution in [-0.4, -0.2) is 75.5 Å². The fraction of sp³-hybridized carbons (Fsp3) is 1.00. The average Bonchev–Trinajstić information content (AvgIpc) is 3.57. The Hall–Kier alpha value is -0.280. The predicted molar refractivity (Wildman–Crippen MR) is 121 cm³/mol. The van der Waals surface area contributed by atoms with Gasteiger partial charge in [-0.05, 0) is 43.9 Å². The van der Waals surface area contributed by atoms with Gasteiger partial charge in [-0.15, -0.1) is 0 Å². The Balaban J connectivity index is 1.47. The van der Waals surface area contributed by atoms with Crippen LogP contribution in [0.1, 0.15) is 78.6 Å². The maximum atomic E-state index is 12.4. The number of hydrogen-bond donors (Lipinski definition) is 4. The van der Waals surface area contributed by atoms with Crippen molar-refractivity contribution in [1.82, 2.24) is 0 Å². The van der Waals surface area contributed by atoms with E-state index in [2.05, 4.69) is 6.92 Å². The van der Waals surface area contributed by atoms with E-state index in [4.69, 9.17) is 14.2 Å². The van der Waals surface area contributed by atoms with E-state index in [9.17, 15) is 20.4 Å². The van der Waals surface area contributed by atoms with Crippen LogP contribution in [0.2, 0.25) is 0 Å². The first-order valence-electron chi connectivity index (χ1n) is 13.3. The molecule has 5 rings (SSSR count). The molecule has 0 spiro atoms. The number of aliphatic hydroxyl groups is 4. The van der Waals surface area contributed by atoms with Crippen molar-refractivity contribution in [1.29, 1.82) is 0 Å². The minimum absolute atomic E-state index is 0.103. The van der Waals surface area contributed by atoms with E-state index in [-0.39, 0.29) is 35.9 Å². The number of ether oxygens (including phenoxy) is 3. The summed E-state index contributed by atoms with van der Waals surface area (Å²) < 4.78 is 18.0. The number of rotatable bonds is 3. The van der Waals surface area contributed by atoms with Crippen LogP contribution in [0.15, 0.2) is 0 Å². The van der Waals surface area contributed by atoms with Crippen LogP contribution in [-0.2, 0) is 14.2 Å². The molecule has 3 saturated carbocycles. The van der Waals surface area contributed by atoms with Crippen molar-refractivity contribution in [2.24, 2.45) is 29.1 Å². The van der Waals surface area contributed by atoms with Gasteiger partial charge in [0, 0.05) is 23.7 Å². The molecule has 190 valence electrons. The van der Waals surface area contributed by atoms with Gasteiger partial charge >= 0.3 is 0 Å². The molecule has 11 atom stereocenters. The minimum atomic E-state index is -1.19. The lowest BCUT2D eigenvalue weighted by Crippen LogP contribution is -2.65. The van der Waals surface area contributed by atoms with Crippen LogP contribution in [0.3, 0.4) is 0 Å². The van der Waals surface area contributed by atoms with Crippen LogP contribution in [0, 0.1) is 29.1 Å². The summed E-state index contributed by atoms with van der Waals surface area (Å²) in [6.45, 7) is 6.78. The van der Waals surface area contributed by atoms with E-state index < -0.39 is 41.7 Å². The zero-order chi connectivity index (χ0) is 23.5. The molecule has 7 nitrogen and oxygen atoms in total. The summed E-state index contributed by atoms with van der Waals surface area (Å²) in [5, 5.41) is 45.6. The summed E-state index contributed by atoms with van der Waals surface area (Å²) in [7, 11) is 0. The van der Waals surface area contributed by atoms with Crippen LogP contribution in [0.4, 0.5) is 0 Å². The third-order valence-corrected chi connectivity index (χ3v) is 10.1. The molecule has 3 aliphatic carbocycles. The van der Waals surface area contributed by atoms with E-state index in [1.54, 1.807) is 0 Å². The third kappa shape index (κ3) is 4.20. The molecule has 5 aliphatic rings. The van der Waals surface area contributed by atoms with Crippen LogP contribution in [0.5, 0.6) is 0 Å². The van der Waals surface area contributed by atoms with Crippen molar-refractivity contribution in [3.63, 3.8) is 0 Å². The van der Waals surface area contributed by atoms with Crippen LogP contribution < -0.4 is 0 Å². The van der Waals surface area contributed by atoms with Crippen LogP contribution in [0.25, 0.3) is 0 Å². The summed E-state index contributed by atoms with van der Waals surface area (Å²) in [5.74, 6) is 0.252. The molecule has 0 amide bonds. The van der Waals surface area contributed by atoms with Gasteiger partial charge in [-0.25, -0.2) is 0 Å². The lowest BCUT2D eigenvalue weighted by molar-refractivity contribution is -0.282. The van der Waals surface area contributed by atoms with Gasteiger partial charge in [-0.3, -0.25) is 0 Å². The van der Waals surface area contributed by atoms with Crippen molar-refractivity contribution in [3.05, 3.63) is 0 Å². The second-order valence-electron chi connectivity index (χ2n) is 12.3. The largest absolute Gasteiger partial charge is 0.390 e. The van der Waals surface area contributed by atoms with E-state index in [1.165, 1.54) is 6.42 Å². The van der Waals surface area contributed by atoms with Crippen molar-refractivity contribution in [2.75, 3.05) is 6.61 Å². The zero-order valence-electron chi connectivity index (χ0n) is 20.4. The molecule has 11 unspecified atom stereocenters. The molecule has 2 bridgehead atoms. The van der Waals surface area contributed by atoms with Crippen molar-refractivity contribution in [2.45, 2.75) is 127 Å². The number of epoxide rings is 1. The second-order valence-corrected chi connectivity index (χ2v) is 12.3. The van der Waals surface area contributed by atoms with Gasteiger partial charge in [0.15, 0.2) is 6.29 Å². The maximum Gasteiger partial charge on any atom is 0.157 e. The standard InChI is InChI=1S/C26H44O7/c1-14-9-10-26(30)19(32-24(29)15-7-5-4-6-8-15)11-16-13-31-18(16)12-17(27)22-23(33-22)21(28)20(14)25(26,2)3/h14-24,27-30H,4-13H2,1-3H3. The first-order valence-corrected chi connectivity index (χ1v) is 13.3. The summed E-state index contributed by atoms with van der Waals surface area (Å²) in [6.07, 6.45) is 3.88. The van der Waals surface area contributed by atoms with Gasteiger partial charge in [-0.2, -0.15) is 0 Å². The number of hydrogen-bond acceptors (Lipinski definition) is 7. The molecule has 2 aliphatic heterocycles. The highest BCUT2D eigenvalue weighted by Crippen LogP contribution is 2.57. The Morgan fingerprint density at radius 1 is 1.00 bits per heavy atom. The lowest BCUT2D eigenvalue weighted by Gasteiger charge is -2.58. The van der Waals surface area contributed by atoms with E-state index >= 15 is 0 Å². The Morgan fingerprint density at radius 2 is 1.73 bits per heavy atom. The van der Waals surface area contributed by atoms with Gasteiger partial charge in [-0.1, -0.05) is 40.0 Å². The second kappa shape index (κ2) is 8.99. The highest BCUT2D eigenvalue weighted by molar-refractivity contribution is 5.13. The molecule has 7 heteroatoms. The number of aliphatic hydroxyl groups excluding tert-OH is 3.